The van der Waals surface area contributed by atoms with E-state index in [9.17, 15) is 4.39 Å². The molecule has 16 heavy (non-hydrogen) atoms. The van der Waals surface area contributed by atoms with Crippen molar-refractivity contribution >= 4 is 0 Å². The monoisotopic (exact) mass is 221 g/mol. The van der Waals surface area contributed by atoms with E-state index in [1.165, 1.54) is 7.11 Å². The average molecular weight is 221 g/mol. The summed E-state index contributed by atoms with van der Waals surface area (Å²) in [5.74, 6) is -0.131. The summed E-state index contributed by atoms with van der Waals surface area (Å²) < 4.78 is 18.8. The third-order valence-corrected chi connectivity index (χ3v) is 2.89. The van der Waals surface area contributed by atoms with Gasteiger partial charge in [0.2, 0.25) is 0 Å². The minimum absolute atomic E-state index is 0.230. The van der Waals surface area contributed by atoms with Crippen molar-refractivity contribution < 1.29 is 9.13 Å². The fraction of sp³-hybridized carbons (Fsp3) is 0.462. The van der Waals surface area contributed by atoms with Gasteiger partial charge in [-0.1, -0.05) is 19.1 Å². The minimum atomic E-state index is -0.521. The van der Waals surface area contributed by atoms with E-state index >= 15 is 0 Å². The summed E-state index contributed by atoms with van der Waals surface area (Å²) in [7, 11) is 1.44. The number of halogens is 1. The summed E-state index contributed by atoms with van der Waals surface area (Å²) in [6.45, 7) is 3.77. The van der Waals surface area contributed by atoms with Crippen LogP contribution < -0.4 is 4.74 Å². The zero-order valence-corrected chi connectivity index (χ0v) is 9.88. The van der Waals surface area contributed by atoms with Crippen LogP contribution in [0.25, 0.3) is 0 Å². The van der Waals surface area contributed by atoms with Gasteiger partial charge in [0.05, 0.1) is 18.6 Å². The summed E-state index contributed by atoms with van der Waals surface area (Å²) in [6, 6.07) is 7.25. The van der Waals surface area contributed by atoms with Crippen molar-refractivity contribution in [2.45, 2.75) is 26.7 Å². The smallest absolute Gasteiger partial charge is 0.168 e. The number of rotatable bonds is 4. The zero-order chi connectivity index (χ0) is 12.2. The Morgan fingerprint density at radius 1 is 1.50 bits per heavy atom. The fourth-order valence-corrected chi connectivity index (χ4v) is 1.51. The molecule has 1 unspecified atom stereocenters. The summed E-state index contributed by atoms with van der Waals surface area (Å²) in [5.41, 5.74) is 0.0120. The molecule has 0 aromatic heterocycles. The van der Waals surface area contributed by atoms with E-state index in [0.717, 1.165) is 0 Å². The van der Waals surface area contributed by atoms with Gasteiger partial charge < -0.3 is 4.74 Å². The van der Waals surface area contributed by atoms with Crippen molar-refractivity contribution in [2.75, 3.05) is 7.11 Å². The number of nitriles is 1. The molecule has 0 N–H and O–H groups in total. The van der Waals surface area contributed by atoms with Gasteiger partial charge >= 0.3 is 0 Å². The van der Waals surface area contributed by atoms with Crippen molar-refractivity contribution in [3.8, 4) is 11.8 Å². The van der Waals surface area contributed by atoms with Crippen LogP contribution in [0, 0.1) is 22.6 Å². The molecule has 0 aliphatic heterocycles. The Morgan fingerprint density at radius 2 is 2.19 bits per heavy atom. The van der Waals surface area contributed by atoms with Crippen LogP contribution in [0.5, 0.6) is 5.75 Å². The number of benzene rings is 1. The summed E-state index contributed by atoms with van der Waals surface area (Å²) in [5, 5.41) is 9.06. The first-order valence-corrected chi connectivity index (χ1v) is 5.29. The molecular formula is C13H16FNO. The van der Waals surface area contributed by atoms with E-state index < -0.39 is 5.41 Å². The van der Waals surface area contributed by atoms with Crippen LogP contribution in [0.2, 0.25) is 0 Å². The van der Waals surface area contributed by atoms with Crippen molar-refractivity contribution in [1.29, 1.82) is 5.26 Å². The molecule has 3 heteroatoms. The summed E-state index contributed by atoms with van der Waals surface area (Å²) in [6.07, 6.45) is 1.10. The molecule has 0 saturated heterocycles. The van der Waals surface area contributed by atoms with Crippen LogP contribution >= 0.6 is 0 Å². The molecule has 0 saturated carbocycles. The molecule has 0 fully saturated rings. The molecule has 1 rings (SSSR count). The number of methoxy groups -OCH3 is 1. The summed E-state index contributed by atoms with van der Waals surface area (Å²) >= 11 is 0. The Bertz CT molecular complexity index is 411. The maximum Gasteiger partial charge on any atom is 0.168 e. The maximum atomic E-state index is 13.8. The van der Waals surface area contributed by atoms with Gasteiger partial charge in [0.1, 0.15) is 0 Å². The normalized spacial score (nSPS) is 13.9. The van der Waals surface area contributed by atoms with Gasteiger partial charge in [-0.25, -0.2) is 4.39 Å². The molecule has 2 nitrogen and oxygen atoms in total. The van der Waals surface area contributed by atoms with Crippen LogP contribution in [-0.2, 0) is 6.42 Å². The van der Waals surface area contributed by atoms with Gasteiger partial charge in [-0.05, 0) is 31.4 Å². The second-order valence-electron chi connectivity index (χ2n) is 4.14. The summed E-state index contributed by atoms with van der Waals surface area (Å²) in [4.78, 5) is 0. The Kier molecular flexibility index (Phi) is 3.89. The van der Waals surface area contributed by atoms with E-state index in [1.54, 1.807) is 18.2 Å². The molecule has 0 aliphatic rings. The molecule has 0 heterocycles. The van der Waals surface area contributed by atoms with E-state index in [2.05, 4.69) is 6.07 Å². The Morgan fingerprint density at radius 3 is 2.69 bits per heavy atom. The molecular weight excluding hydrogens is 205 g/mol. The molecule has 1 aromatic carbocycles. The molecule has 1 aromatic rings. The van der Waals surface area contributed by atoms with Crippen LogP contribution in [0.15, 0.2) is 18.2 Å². The third-order valence-electron chi connectivity index (χ3n) is 2.89. The number of ether oxygens (including phenoxy) is 1. The molecule has 1 atom stereocenters. The van der Waals surface area contributed by atoms with Crippen LogP contribution in [0.3, 0.4) is 0 Å². The average Bonchev–Trinajstić information content (AvgIpc) is 2.32. The second kappa shape index (κ2) is 4.98. The quantitative estimate of drug-likeness (QED) is 0.781. The van der Waals surface area contributed by atoms with E-state index in [-0.39, 0.29) is 11.6 Å². The highest BCUT2D eigenvalue weighted by Crippen LogP contribution is 2.29. The highest BCUT2D eigenvalue weighted by molar-refractivity contribution is 5.32. The van der Waals surface area contributed by atoms with E-state index in [1.807, 2.05) is 13.8 Å². The first-order chi connectivity index (χ1) is 7.56. The van der Waals surface area contributed by atoms with Gasteiger partial charge in [-0.15, -0.1) is 0 Å². The first kappa shape index (κ1) is 12.5. The van der Waals surface area contributed by atoms with Crippen molar-refractivity contribution in [3.63, 3.8) is 0 Å². The van der Waals surface area contributed by atoms with Gasteiger partial charge in [-0.3, -0.25) is 0 Å². The number of hydrogen-bond donors (Lipinski definition) is 0. The lowest BCUT2D eigenvalue weighted by atomic mass is 9.82. The lowest BCUT2D eigenvalue weighted by molar-refractivity contribution is 0.374. The Labute approximate surface area is 95.7 Å². The number of hydrogen-bond acceptors (Lipinski definition) is 2. The lowest BCUT2D eigenvalue weighted by Crippen LogP contribution is -2.16. The van der Waals surface area contributed by atoms with Crippen molar-refractivity contribution in [1.82, 2.24) is 0 Å². The lowest BCUT2D eigenvalue weighted by Gasteiger charge is -2.19. The maximum absolute atomic E-state index is 13.8. The van der Waals surface area contributed by atoms with Crippen LogP contribution in [0.4, 0.5) is 4.39 Å². The van der Waals surface area contributed by atoms with Crippen LogP contribution in [0.1, 0.15) is 25.8 Å². The second-order valence-corrected chi connectivity index (χ2v) is 4.14. The molecule has 86 valence electrons. The Balaban J connectivity index is 3.03. The van der Waals surface area contributed by atoms with E-state index in [4.69, 9.17) is 10.00 Å². The van der Waals surface area contributed by atoms with Gasteiger partial charge in [0.25, 0.3) is 0 Å². The predicted molar refractivity (Wildman–Crippen MR) is 60.7 cm³/mol. The highest BCUT2D eigenvalue weighted by atomic mass is 19.1. The van der Waals surface area contributed by atoms with Gasteiger partial charge in [0.15, 0.2) is 11.6 Å². The van der Waals surface area contributed by atoms with E-state index in [0.29, 0.717) is 18.4 Å². The van der Waals surface area contributed by atoms with Gasteiger partial charge in [0, 0.05) is 0 Å². The predicted octanol–water partition coefficient (Wildman–Crippen LogP) is 3.32. The molecule has 0 bridgehead atoms. The topological polar surface area (TPSA) is 33.0 Å². The third kappa shape index (κ3) is 2.52. The Hall–Kier alpha value is -1.56. The van der Waals surface area contributed by atoms with Gasteiger partial charge in [-0.2, -0.15) is 5.26 Å². The van der Waals surface area contributed by atoms with Crippen LogP contribution in [-0.4, -0.2) is 7.11 Å². The first-order valence-electron chi connectivity index (χ1n) is 5.29. The van der Waals surface area contributed by atoms with Crippen molar-refractivity contribution in [3.05, 3.63) is 29.6 Å². The SMILES string of the molecule is CCC(C)(C#N)Cc1cccc(OC)c1F. The van der Waals surface area contributed by atoms with Crippen molar-refractivity contribution in [2.24, 2.45) is 5.41 Å². The highest BCUT2D eigenvalue weighted by Gasteiger charge is 2.24. The fourth-order valence-electron chi connectivity index (χ4n) is 1.51. The molecule has 0 aliphatic carbocycles. The molecule has 0 radical (unpaired) electrons. The molecule has 0 amide bonds. The number of nitrogens with zero attached hydrogens (tertiary/aromatic N) is 1. The standard InChI is InChI=1S/C13H16FNO/c1-4-13(2,9-15)8-10-6-5-7-11(16-3)12(10)14/h5-7H,4,8H2,1-3H3. The minimum Gasteiger partial charge on any atom is -0.494 e. The molecule has 0 spiro atoms. The zero-order valence-electron chi connectivity index (χ0n) is 9.88. The largest absolute Gasteiger partial charge is 0.494 e.